The molecule has 0 aromatic heterocycles. The quantitative estimate of drug-likeness (QED) is 0.551. The summed E-state index contributed by atoms with van der Waals surface area (Å²) in [6.45, 7) is 3.86. The summed E-state index contributed by atoms with van der Waals surface area (Å²) in [4.78, 5) is 2.21. The minimum absolute atomic E-state index is 0.249. The van der Waals surface area contributed by atoms with Crippen LogP contribution < -0.4 is 10.6 Å². The third-order valence-corrected chi connectivity index (χ3v) is 2.15. The number of nitrogens with zero attached hydrogens (tertiary/aromatic N) is 1. The Morgan fingerprint density at radius 3 is 2.50 bits per heavy atom. The largest absolute Gasteiger partial charge is 0.388 e. The maximum Gasteiger partial charge on any atom is 0.0923 e. The van der Waals surface area contributed by atoms with Crippen molar-refractivity contribution in [1.82, 2.24) is 0 Å². The summed E-state index contributed by atoms with van der Waals surface area (Å²) in [7, 11) is 0. The SMILES string of the molecule is CCN(CCC(=N)N)c1ccccc1. The van der Waals surface area contributed by atoms with Crippen LogP contribution in [-0.4, -0.2) is 18.9 Å². The van der Waals surface area contributed by atoms with Crippen LogP contribution in [0.25, 0.3) is 0 Å². The molecule has 1 rings (SSSR count). The van der Waals surface area contributed by atoms with E-state index >= 15 is 0 Å². The number of nitrogens with one attached hydrogen (secondary N) is 1. The lowest BCUT2D eigenvalue weighted by molar-refractivity contribution is 0.831. The number of benzene rings is 1. The van der Waals surface area contributed by atoms with Crippen LogP contribution in [0.1, 0.15) is 13.3 Å². The lowest BCUT2D eigenvalue weighted by Crippen LogP contribution is -2.27. The fraction of sp³-hybridized carbons (Fsp3) is 0.364. The zero-order valence-electron chi connectivity index (χ0n) is 8.53. The van der Waals surface area contributed by atoms with Crippen LogP contribution in [0.15, 0.2) is 30.3 Å². The molecule has 0 spiro atoms. The Hall–Kier alpha value is -1.51. The lowest BCUT2D eigenvalue weighted by Gasteiger charge is -2.22. The topological polar surface area (TPSA) is 53.1 Å². The Morgan fingerprint density at radius 1 is 1.36 bits per heavy atom. The van der Waals surface area contributed by atoms with E-state index in [2.05, 4.69) is 24.0 Å². The highest BCUT2D eigenvalue weighted by Gasteiger charge is 2.02. The summed E-state index contributed by atoms with van der Waals surface area (Å²) in [6, 6.07) is 10.2. The normalized spacial score (nSPS) is 9.79. The molecule has 0 aliphatic heterocycles. The van der Waals surface area contributed by atoms with Crippen molar-refractivity contribution >= 4 is 11.5 Å². The molecule has 1 aromatic rings. The number of hydrogen-bond donors (Lipinski definition) is 2. The van der Waals surface area contributed by atoms with E-state index in [1.54, 1.807) is 0 Å². The first-order valence-electron chi connectivity index (χ1n) is 4.87. The van der Waals surface area contributed by atoms with Gasteiger partial charge in [0, 0.05) is 25.2 Å². The summed E-state index contributed by atoms with van der Waals surface area (Å²) >= 11 is 0. The molecule has 0 saturated heterocycles. The predicted molar refractivity (Wildman–Crippen MR) is 60.9 cm³/mol. The fourth-order valence-corrected chi connectivity index (χ4v) is 1.36. The van der Waals surface area contributed by atoms with Gasteiger partial charge in [0.25, 0.3) is 0 Å². The molecule has 0 saturated carbocycles. The first kappa shape index (κ1) is 10.6. The summed E-state index contributed by atoms with van der Waals surface area (Å²) in [5.74, 6) is 0.249. The minimum atomic E-state index is 0.249. The Balaban J connectivity index is 2.58. The first-order valence-corrected chi connectivity index (χ1v) is 4.87. The number of para-hydroxylation sites is 1. The van der Waals surface area contributed by atoms with Gasteiger partial charge in [-0.25, -0.2) is 0 Å². The van der Waals surface area contributed by atoms with Crippen LogP contribution in [0.2, 0.25) is 0 Å². The van der Waals surface area contributed by atoms with Gasteiger partial charge in [0.15, 0.2) is 0 Å². The maximum absolute atomic E-state index is 7.18. The zero-order chi connectivity index (χ0) is 10.4. The number of anilines is 1. The Kier molecular flexibility index (Phi) is 3.98. The molecule has 3 heteroatoms. The van der Waals surface area contributed by atoms with Gasteiger partial charge in [-0.1, -0.05) is 18.2 Å². The predicted octanol–water partition coefficient (Wildman–Crippen LogP) is 1.84. The van der Waals surface area contributed by atoms with Crippen LogP contribution in [0.3, 0.4) is 0 Å². The highest BCUT2D eigenvalue weighted by molar-refractivity contribution is 5.77. The Morgan fingerprint density at radius 2 is 2.00 bits per heavy atom. The summed E-state index contributed by atoms with van der Waals surface area (Å²) in [5, 5.41) is 7.18. The molecular weight excluding hydrogens is 174 g/mol. The summed E-state index contributed by atoms with van der Waals surface area (Å²) in [5.41, 5.74) is 6.52. The second-order valence-electron chi connectivity index (χ2n) is 3.19. The highest BCUT2D eigenvalue weighted by atomic mass is 15.1. The summed E-state index contributed by atoms with van der Waals surface area (Å²) < 4.78 is 0. The molecular formula is C11H17N3. The van der Waals surface area contributed by atoms with Crippen LogP contribution in [0.5, 0.6) is 0 Å². The van der Waals surface area contributed by atoms with Crippen LogP contribution in [0, 0.1) is 5.41 Å². The smallest absolute Gasteiger partial charge is 0.0923 e. The molecule has 3 nitrogen and oxygen atoms in total. The average Bonchev–Trinajstić information content (AvgIpc) is 2.20. The number of rotatable bonds is 5. The highest BCUT2D eigenvalue weighted by Crippen LogP contribution is 2.12. The van der Waals surface area contributed by atoms with Crippen molar-refractivity contribution < 1.29 is 0 Å². The van der Waals surface area contributed by atoms with E-state index in [0.717, 1.165) is 13.1 Å². The first-order chi connectivity index (χ1) is 6.74. The van der Waals surface area contributed by atoms with E-state index in [-0.39, 0.29) is 5.84 Å². The molecule has 0 fully saturated rings. The molecule has 0 unspecified atom stereocenters. The molecule has 3 N–H and O–H groups in total. The number of hydrogen-bond acceptors (Lipinski definition) is 2. The van der Waals surface area contributed by atoms with E-state index in [0.29, 0.717) is 6.42 Å². The molecule has 0 heterocycles. The summed E-state index contributed by atoms with van der Waals surface area (Å²) in [6.07, 6.45) is 0.628. The van der Waals surface area contributed by atoms with E-state index < -0.39 is 0 Å². The second-order valence-corrected chi connectivity index (χ2v) is 3.19. The van der Waals surface area contributed by atoms with Gasteiger partial charge in [0.1, 0.15) is 0 Å². The monoisotopic (exact) mass is 191 g/mol. The van der Waals surface area contributed by atoms with Crippen LogP contribution >= 0.6 is 0 Å². The van der Waals surface area contributed by atoms with Crippen molar-refractivity contribution in [3.05, 3.63) is 30.3 Å². The van der Waals surface area contributed by atoms with Gasteiger partial charge in [0.2, 0.25) is 0 Å². The van der Waals surface area contributed by atoms with Crippen LogP contribution in [-0.2, 0) is 0 Å². The molecule has 14 heavy (non-hydrogen) atoms. The Labute approximate surface area is 85.0 Å². The lowest BCUT2D eigenvalue weighted by atomic mass is 10.2. The van der Waals surface area contributed by atoms with Crippen molar-refractivity contribution in [2.24, 2.45) is 5.73 Å². The van der Waals surface area contributed by atoms with Crippen molar-refractivity contribution in [3.8, 4) is 0 Å². The van der Waals surface area contributed by atoms with Gasteiger partial charge in [-0.2, -0.15) is 0 Å². The molecule has 0 bridgehead atoms. The van der Waals surface area contributed by atoms with Gasteiger partial charge in [0.05, 0.1) is 5.84 Å². The molecule has 0 atom stereocenters. The van der Waals surface area contributed by atoms with Gasteiger partial charge in [-0.3, -0.25) is 5.41 Å². The third kappa shape index (κ3) is 3.09. The number of amidine groups is 1. The fourth-order valence-electron chi connectivity index (χ4n) is 1.36. The molecule has 0 aliphatic rings. The van der Waals surface area contributed by atoms with Crippen LogP contribution in [0.4, 0.5) is 5.69 Å². The molecule has 0 amide bonds. The van der Waals surface area contributed by atoms with E-state index in [9.17, 15) is 0 Å². The van der Waals surface area contributed by atoms with Crippen molar-refractivity contribution in [2.45, 2.75) is 13.3 Å². The van der Waals surface area contributed by atoms with Crippen molar-refractivity contribution in [3.63, 3.8) is 0 Å². The van der Waals surface area contributed by atoms with Gasteiger partial charge >= 0.3 is 0 Å². The zero-order valence-corrected chi connectivity index (χ0v) is 8.53. The molecule has 0 aliphatic carbocycles. The van der Waals surface area contributed by atoms with Crippen molar-refractivity contribution in [1.29, 1.82) is 5.41 Å². The van der Waals surface area contributed by atoms with Gasteiger partial charge in [-0.05, 0) is 19.1 Å². The molecule has 0 radical (unpaired) electrons. The second kappa shape index (κ2) is 5.27. The van der Waals surface area contributed by atoms with E-state index in [1.807, 2.05) is 18.2 Å². The molecule has 76 valence electrons. The van der Waals surface area contributed by atoms with E-state index in [1.165, 1.54) is 5.69 Å². The standard InChI is InChI=1S/C11H17N3/c1-2-14(9-8-11(12)13)10-6-4-3-5-7-10/h3-7H,2,8-9H2,1H3,(H3,12,13). The average molecular weight is 191 g/mol. The minimum Gasteiger partial charge on any atom is -0.388 e. The maximum atomic E-state index is 7.18. The Bertz CT molecular complexity index is 282. The van der Waals surface area contributed by atoms with Crippen molar-refractivity contribution in [2.75, 3.05) is 18.0 Å². The third-order valence-electron chi connectivity index (χ3n) is 2.15. The van der Waals surface area contributed by atoms with Gasteiger partial charge < -0.3 is 10.6 Å². The molecule has 1 aromatic carbocycles. The van der Waals surface area contributed by atoms with E-state index in [4.69, 9.17) is 11.1 Å². The van der Waals surface area contributed by atoms with Gasteiger partial charge in [-0.15, -0.1) is 0 Å². The number of nitrogens with two attached hydrogens (primary N) is 1.